The second-order valence-corrected chi connectivity index (χ2v) is 11.3. The van der Waals surface area contributed by atoms with Crippen LogP contribution in [0.1, 0.15) is 95.1 Å². The van der Waals surface area contributed by atoms with Crippen LogP contribution in [0.2, 0.25) is 0 Å². The van der Waals surface area contributed by atoms with Crippen molar-refractivity contribution in [3.8, 4) is 0 Å². The molecule has 0 spiro atoms. The van der Waals surface area contributed by atoms with Gasteiger partial charge < -0.3 is 9.84 Å². The molecule has 0 saturated carbocycles. The number of unbranched alkanes of at least 4 members (excludes halogenated alkanes) is 7. The van der Waals surface area contributed by atoms with Gasteiger partial charge in [-0.2, -0.15) is 0 Å². The molecular formula is C34H47N3O7. The zero-order valence-electron chi connectivity index (χ0n) is 25.8. The molecule has 1 saturated heterocycles. The van der Waals surface area contributed by atoms with E-state index in [1.807, 2.05) is 60.7 Å². The molecule has 0 unspecified atom stereocenters. The molecule has 10 nitrogen and oxygen atoms in total. The second-order valence-electron chi connectivity index (χ2n) is 11.3. The Morgan fingerprint density at radius 2 is 1.45 bits per heavy atom. The SMILES string of the molecule is CCCCCCCCCC[C@@H](CC(=O)NOCc1ccccc1)C(=O)N1[C@H](C(=O)O)CCCN1C(=O)OCc1ccccc1. The van der Waals surface area contributed by atoms with Crippen LogP contribution in [0.25, 0.3) is 0 Å². The van der Waals surface area contributed by atoms with Gasteiger partial charge >= 0.3 is 12.1 Å². The Morgan fingerprint density at radius 3 is 2.07 bits per heavy atom. The first-order valence-electron chi connectivity index (χ1n) is 15.9. The lowest BCUT2D eigenvalue weighted by Crippen LogP contribution is -2.61. The van der Waals surface area contributed by atoms with Crippen molar-refractivity contribution in [2.75, 3.05) is 6.54 Å². The summed E-state index contributed by atoms with van der Waals surface area (Å²) in [6.45, 7) is 2.47. The lowest BCUT2D eigenvalue weighted by Gasteiger charge is -2.42. The van der Waals surface area contributed by atoms with Crippen LogP contribution in [-0.4, -0.2) is 51.6 Å². The first kappa shape index (κ1) is 34.6. The summed E-state index contributed by atoms with van der Waals surface area (Å²) in [7, 11) is 0. The molecule has 2 aromatic carbocycles. The Balaban J connectivity index is 1.69. The highest BCUT2D eigenvalue weighted by atomic mass is 16.6. The minimum absolute atomic E-state index is 0.0151. The van der Waals surface area contributed by atoms with Crippen molar-refractivity contribution in [1.29, 1.82) is 0 Å². The molecule has 2 atom stereocenters. The van der Waals surface area contributed by atoms with Crippen molar-refractivity contribution in [2.24, 2.45) is 5.92 Å². The van der Waals surface area contributed by atoms with Gasteiger partial charge in [-0.05, 0) is 30.4 Å². The van der Waals surface area contributed by atoms with Gasteiger partial charge in [0.1, 0.15) is 6.61 Å². The van der Waals surface area contributed by atoms with Crippen molar-refractivity contribution in [1.82, 2.24) is 15.5 Å². The summed E-state index contributed by atoms with van der Waals surface area (Å²) in [6, 6.07) is 17.2. The molecule has 3 amide bonds. The summed E-state index contributed by atoms with van der Waals surface area (Å²) in [5.41, 5.74) is 4.07. The van der Waals surface area contributed by atoms with Crippen LogP contribution in [-0.2, 0) is 37.2 Å². The molecule has 1 fully saturated rings. The van der Waals surface area contributed by atoms with Crippen LogP contribution in [0, 0.1) is 5.92 Å². The number of carbonyl (C=O) groups excluding carboxylic acids is 3. The third-order valence-corrected chi connectivity index (χ3v) is 7.78. The molecule has 1 aliphatic heterocycles. The van der Waals surface area contributed by atoms with E-state index in [-0.39, 0.29) is 32.6 Å². The summed E-state index contributed by atoms with van der Waals surface area (Å²) >= 11 is 0. The number of hydrogen-bond donors (Lipinski definition) is 2. The zero-order chi connectivity index (χ0) is 31.6. The lowest BCUT2D eigenvalue weighted by atomic mass is 9.94. The van der Waals surface area contributed by atoms with E-state index >= 15 is 0 Å². The molecule has 10 heteroatoms. The number of nitrogens with one attached hydrogen (secondary N) is 1. The number of hydrazine groups is 1. The summed E-state index contributed by atoms with van der Waals surface area (Å²) in [5, 5.41) is 12.1. The molecule has 1 aliphatic rings. The van der Waals surface area contributed by atoms with E-state index in [9.17, 15) is 24.3 Å². The average Bonchev–Trinajstić information content (AvgIpc) is 3.04. The van der Waals surface area contributed by atoms with E-state index < -0.39 is 35.8 Å². The summed E-state index contributed by atoms with van der Waals surface area (Å²) in [4.78, 5) is 57.9. The number of hydrogen-bond acceptors (Lipinski definition) is 6. The molecule has 0 radical (unpaired) electrons. The number of nitrogens with zero attached hydrogens (tertiary/aromatic N) is 2. The van der Waals surface area contributed by atoms with Crippen molar-refractivity contribution >= 4 is 23.9 Å². The number of ether oxygens (including phenoxy) is 1. The van der Waals surface area contributed by atoms with Gasteiger partial charge in [0, 0.05) is 18.9 Å². The molecule has 1 heterocycles. The average molecular weight is 610 g/mol. The van der Waals surface area contributed by atoms with Gasteiger partial charge in [-0.1, -0.05) is 119 Å². The van der Waals surface area contributed by atoms with Crippen LogP contribution in [0.5, 0.6) is 0 Å². The van der Waals surface area contributed by atoms with Gasteiger partial charge in [0.15, 0.2) is 6.04 Å². The number of carbonyl (C=O) groups is 4. The second kappa shape index (κ2) is 19.4. The van der Waals surface area contributed by atoms with E-state index in [4.69, 9.17) is 9.57 Å². The van der Waals surface area contributed by atoms with Crippen LogP contribution in [0.3, 0.4) is 0 Å². The smallest absolute Gasteiger partial charge is 0.429 e. The fourth-order valence-corrected chi connectivity index (χ4v) is 5.37. The molecule has 0 aliphatic carbocycles. The van der Waals surface area contributed by atoms with Crippen LogP contribution < -0.4 is 5.48 Å². The topological polar surface area (TPSA) is 125 Å². The Hall–Kier alpha value is -3.92. The highest BCUT2D eigenvalue weighted by Gasteiger charge is 2.43. The number of amides is 3. The van der Waals surface area contributed by atoms with Crippen molar-refractivity contribution in [3.63, 3.8) is 0 Å². The normalized spacial score (nSPS) is 15.4. The van der Waals surface area contributed by atoms with E-state index in [0.29, 0.717) is 19.3 Å². The molecule has 0 aromatic heterocycles. The minimum atomic E-state index is -1.24. The highest BCUT2D eigenvalue weighted by Crippen LogP contribution is 2.26. The maximum atomic E-state index is 14.1. The van der Waals surface area contributed by atoms with Gasteiger partial charge in [-0.25, -0.2) is 25.1 Å². The zero-order valence-corrected chi connectivity index (χ0v) is 25.8. The number of hydroxylamine groups is 1. The van der Waals surface area contributed by atoms with Crippen LogP contribution >= 0.6 is 0 Å². The van der Waals surface area contributed by atoms with Crippen molar-refractivity contribution in [3.05, 3.63) is 71.8 Å². The number of rotatable bonds is 18. The lowest BCUT2D eigenvalue weighted by molar-refractivity contribution is -0.174. The van der Waals surface area contributed by atoms with Crippen LogP contribution in [0.4, 0.5) is 4.79 Å². The first-order chi connectivity index (χ1) is 21.4. The Kier molecular flexibility index (Phi) is 15.2. The molecule has 2 aromatic rings. The molecule has 240 valence electrons. The quantitative estimate of drug-likeness (QED) is 0.148. The summed E-state index contributed by atoms with van der Waals surface area (Å²) < 4.78 is 5.49. The standard InChI is InChI=1S/C34H47N3O7/c1-2-3-4-5-6-7-8-15-21-29(24-31(38)35-44-26-28-19-13-10-14-20-28)32(39)37-30(33(40)41)22-16-23-36(37)34(42)43-25-27-17-11-9-12-18-27/h9-14,17-20,29-30H,2-8,15-16,21-26H2,1H3,(H,35,38)(H,40,41)/t29-,30-/m0/s1. The maximum Gasteiger partial charge on any atom is 0.429 e. The summed E-state index contributed by atoms with van der Waals surface area (Å²) in [5.74, 6) is -3.10. The van der Waals surface area contributed by atoms with Gasteiger partial charge in [-0.15, -0.1) is 0 Å². The Bertz CT molecular complexity index is 1160. The summed E-state index contributed by atoms with van der Waals surface area (Å²) in [6.07, 6.45) is 8.52. The van der Waals surface area contributed by atoms with Crippen molar-refractivity contribution < 1.29 is 33.9 Å². The van der Waals surface area contributed by atoms with E-state index in [0.717, 1.165) is 40.4 Å². The molecule has 3 rings (SSSR count). The van der Waals surface area contributed by atoms with Crippen molar-refractivity contribution in [2.45, 2.75) is 103 Å². The minimum Gasteiger partial charge on any atom is -0.480 e. The third kappa shape index (κ3) is 11.6. The molecule has 0 bridgehead atoms. The maximum absolute atomic E-state index is 14.1. The predicted molar refractivity (Wildman–Crippen MR) is 166 cm³/mol. The largest absolute Gasteiger partial charge is 0.480 e. The third-order valence-electron chi connectivity index (χ3n) is 7.78. The number of aliphatic carboxylic acids is 1. The van der Waals surface area contributed by atoms with Crippen LogP contribution in [0.15, 0.2) is 60.7 Å². The number of benzene rings is 2. The predicted octanol–water partition coefficient (Wildman–Crippen LogP) is 6.40. The monoisotopic (exact) mass is 609 g/mol. The number of carboxylic acid groups (broad SMARTS) is 1. The van der Waals surface area contributed by atoms with Gasteiger partial charge in [0.2, 0.25) is 11.8 Å². The van der Waals surface area contributed by atoms with E-state index in [2.05, 4.69) is 12.4 Å². The first-order valence-corrected chi connectivity index (χ1v) is 15.9. The molecule has 44 heavy (non-hydrogen) atoms. The van der Waals surface area contributed by atoms with E-state index in [1.54, 1.807) is 0 Å². The number of carboxylic acids is 1. The fraction of sp³-hybridized carbons (Fsp3) is 0.529. The molecule has 2 N–H and O–H groups in total. The van der Waals surface area contributed by atoms with Gasteiger partial charge in [-0.3, -0.25) is 14.4 Å². The molecular weight excluding hydrogens is 562 g/mol. The van der Waals surface area contributed by atoms with Gasteiger partial charge in [0.05, 0.1) is 6.61 Å². The fourth-order valence-electron chi connectivity index (χ4n) is 5.37. The Labute approximate surface area is 260 Å². The van der Waals surface area contributed by atoms with E-state index in [1.165, 1.54) is 25.7 Å². The highest BCUT2D eigenvalue weighted by molar-refractivity contribution is 5.90. The van der Waals surface area contributed by atoms with Gasteiger partial charge in [0.25, 0.3) is 0 Å². The Morgan fingerprint density at radius 1 is 0.864 bits per heavy atom.